The van der Waals surface area contributed by atoms with Crippen LogP contribution in [0.4, 0.5) is 0 Å². The Morgan fingerprint density at radius 3 is 2.65 bits per heavy atom. The van der Waals surface area contributed by atoms with Crippen LogP contribution in [0.3, 0.4) is 0 Å². The Kier molecular flexibility index (Phi) is 4.68. The van der Waals surface area contributed by atoms with Crippen LogP contribution in [-0.2, 0) is 13.0 Å². The molecule has 2 heterocycles. The SMILES string of the molecule is Cc1cc2c(cc1C(=O)O)c(CCN1CCCC1)cn2CCN. The van der Waals surface area contributed by atoms with E-state index in [1.54, 1.807) is 0 Å². The monoisotopic (exact) mass is 315 g/mol. The second kappa shape index (κ2) is 6.72. The number of fused-ring (bicyclic) bond motifs is 1. The molecule has 0 unspecified atom stereocenters. The lowest BCUT2D eigenvalue weighted by Crippen LogP contribution is -2.21. The summed E-state index contributed by atoms with van der Waals surface area (Å²) < 4.78 is 2.16. The van der Waals surface area contributed by atoms with Gasteiger partial charge in [-0.3, -0.25) is 0 Å². The van der Waals surface area contributed by atoms with E-state index >= 15 is 0 Å². The molecular formula is C18H25N3O2. The Labute approximate surface area is 136 Å². The van der Waals surface area contributed by atoms with Gasteiger partial charge in [0.2, 0.25) is 0 Å². The third-order valence-electron chi connectivity index (χ3n) is 4.81. The van der Waals surface area contributed by atoms with Crippen LogP contribution in [-0.4, -0.2) is 46.7 Å². The van der Waals surface area contributed by atoms with Crippen LogP contribution in [0, 0.1) is 6.92 Å². The minimum Gasteiger partial charge on any atom is -0.478 e. The van der Waals surface area contributed by atoms with E-state index in [9.17, 15) is 9.90 Å². The molecule has 1 fully saturated rings. The van der Waals surface area contributed by atoms with Gasteiger partial charge in [0.15, 0.2) is 0 Å². The third-order valence-corrected chi connectivity index (χ3v) is 4.81. The number of nitrogens with zero attached hydrogens (tertiary/aromatic N) is 2. The molecule has 0 radical (unpaired) electrons. The van der Waals surface area contributed by atoms with Crippen LogP contribution in [0.1, 0.15) is 34.3 Å². The summed E-state index contributed by atoms with van der Waals surface area (Å²) in [5.74, 6) is -0.860. The normalized spacial score (nSPS) is 15.6. The Bertz CT molecular complexity index is 715. The van der Waals surface area contributed by atoms with E-state index in [1.165, 1.54) is 31.5 Å². The van der Waals surface area contributed by atoms with Crippen molar-refractivity contribution in [3.8, 4) is 0 Å². The molecule has 1 aromatic heterocycles. The van der Waals surface area contributed by atoms with Crippen LogP contribution in [0.2, 0.25) is 0 Å². The summed E-state index contributed by atoms with van der Waals surface area (Å²) in [6.45, 7) is 6.59. The molecule has 0 saturated carbocycles. The van der Waals surface area contributed by atoms with Gasteiger partial charge in [0, 0.05) is 36.7 Å². The van der Waals surface area contributed by atoms with Gasteiger partial charge in [0.1, 0.15) is 0 Å². The molecule has 5 heteroatoms. The van der Waals surface area contributed by atoms with E-state index < -0.39 is 5.97 Å². The molecule has 0 bridgehead atoms. The van der Waals surface area contributed by atoms with E-state index in [2.05, 4.69) is 15.7 Å². The number of carbonyl (C=O) groups is 1. The first-order valence-electron chi connectivity index (χ1n) is 8.38. The quantitative estimate of drug-likeness (QED) is 0.857. The number of aromatic carboxylic acids is 1. The van der Waals surface area contributed by atoms with Gasteiger partial charge < -0.3 is 20.3 Å². The molecule has 0 amide bonds. The molecule has 5 nitrogen and oxygen atoms in total. The number of hydrogen-bond acceptors (Lipinski definition) is 3. The standard InChI is InChI=1S/C18H25N3O2/c1-13-10-17-16(11-15(13)18(22)23)14(12-21(17)9-5-19)4-8-20-6-2-3-7-20/h10-12H,2-9,19H2,1H3,(H,22,23). The summed E-state index contributed by atoms with van der Waals surface area (Å²) in [6, 6.07) is 3.81. The highest BCUT2D eigenvalue weighted by atomic mass is 16.4. The van der Waals surface area contributed by atoms with Crippen LogP contribution in [0.5, 0.6) is 0 Å². The Morgan fingerprint density at radius 1 is 1.26 bits per heavy atom. The van der Waals surface area contributed by atoms with Crippen molar-refractivity contribution in [2.24, 2.45) is 5.73 Å². The Balaban J connectivity index is 1.97. The summed E-state index contributed by atoms with van der Waals surface area (Å²) in [5, 5.41) is 10.4. The second-order valence-electron chi connectivity index (χ2n) is 6.42. The lowest BCUT2D eigenvalue weighted by molar-refractivity contribution is 0.0696. The van der Waals surface area contributed by atoms with Gasteiger partial charge in [0.25, 0.3) is 0 Å². The number of aromatic nitrogens is 1. The Hall–Kier alpha value is -1.85. The third kappa shape index (κ3) is 3.26. The van der Waals surface area contributed by atoms with E-state index in [1.807, 2.05) is 19.1 Å². The zero-order valence-corrected chi connectivity index (χ0v) is 13.7. The number of likely N-dealkylation sites (tertiary alicyclic amines) is 1. The van der Waals surface area contributed by atoms with Crippen molar-refractivity contribution in [1.29, 1.82) is 0 Å². The van der Waals surface area contributed by atoms with Crippen LogP contribution in [0.15, 0.2) is 18.3 Å². The molecule has 1 saturated heterocycles. The average molecular weight is 315 g/mol. The maximum Gasteiger partial charge on any atom is 0.335 e. The number of carboxylic acid groups (broad SMARTS) is 1. The van der Waals surface area contributed by atoms with Crippen molar-refractivity contribution in [1.82, 2.24) is 9.47 Å². The first-order chi connectivity index (χ1) is 11.1. The van der Waals surface area contributed by atoms with Crippen LogP contribution in [0.25, 0.3) is 10.9 Å². The van der Waals surface area contributed by atoms with Crippen LogP contribution >= 0.6 is 0 Å². The number of carboxylic acids is 1. The second-order valence-corrected chi connectivity index (χ2v) is 6.42. The van der Waals surface area contributed by atoms with Crippen molar-refractivity contribution in [3.05, 3.63) is 35.0 Å². The molecule has 1 aliphatic heterocycles. The van der Waals surface area contributed by atoms with Crippen molar-refractivity contribution >= 4 is 16.9 Å². The summed E-state index contributed by atoms with van der Waals surface area (Å²) in [7, 11) is 0. The molecular weight excluding hydrogens is 290 g/mol. The first kappa shape index (κ1) is 16.0. The van der Waals surface area contributed by atoms with Crippen molar-refractivity contribution in [3.63, 3.8) is 0 Å². The highest BCUT2D eigenvalue weighted by molar-refractivity contribution is 5.96. The number of benzene rings is 1. The lowest BCUT2D eigenvalue weighted by atomic mass is 10.0. The van der Waals surface area contributed by atoms with Gasteiger partial charge in [-0.25, -0.2) is 4.79 Å². The molecule has 0 atom stereocenters. The van der Waals surface area contributed by atoms with E-state index in [0.717, 1.165) is 36.0 Å². The summed E-state index contributed by atoms with van der Waals surface area (Å²) >= 11 is 0. The molecule has 1 aliphatic rings. The first-order valence-corrected chi connectivity index (χ1v) is 8.38. The van der Waals surface area contributed by atoms with E-state index in [0.29, 0.717) is 12.1 Å². The van der Waals surface area contributed by atoms with Gasteiger partial charge in [-0.15, -0.1) is 0 Å². The van der Waals surface area contributed by atoms with E-state index in [-0.39, 0.29) is 0 Å². The molecule has 2 aromatic rings. The van der Waals surface area contributed by atoms with Crippen molar-refractivity contribution < 1.29 is 9.90 Å². The minimum atomic E-state index is -0.860. The number of aryl methyl sites for hydroxylation is 1. The van der Waals surface area contributed by atoms with Crippen molar-refractivity contribution in [2.75, 3.05) is 26.2 Å². The number of rotatable bonds is 6. The maximum absolute atomic E-state index is 11.4. The topological polar surface area (TPSA) is 71.5 Å². The Morgan fingerprint density at radius 2 is 2.00 bits per heavy atom. The summed E-state index contributed by atoms with van der Waals surface area (Å²) in [4.78, 5) is 13.9. The lowest BCUT2D eigenvalue weighted by Gasteiger charge is -2.13. The molecule has 1 aromatic carbocycles. The fourth-order valence-electron chi connectivity index (χ4n) is 3.55. The number of nitrogens with two attached hydrogens (primary N) is 1. The zero-order chi connectivity index (χ0) is 16.4. The highest BCUT2D eigenvalue weighted by Crippen LogP contribution is 2.26. The van der Waals surface area contributed by atoms with Crippen LogP contribution < -0.4 is 5.73 Å². The smallest absolute Gasteiger partial charge is 0.335 e. The maximum atomic E-state index is 11.4. The van der Waals surface area contributed by atoms with E-state index in [4.69, 9.17) is 5.73 Å². The van der Waals surface area contributed by atoms with Crippen molar-refractivity contribution in [2.45, 2.75) is 32.7 Å². The van der Waals surface area contributed by atoms with Gasteiger partial charge in [0.05, 0.1) is 5.56 Å². The molecule has 23 heavy (non-hydrogen) atoms. The summed E-state index contributed by atoms with van der Waals surface area (Å²) in [6.07, 6.45) is 5.68. The van der Waals surface area contributed by atoms with Gasteiger partial charge in [-0.1, -0.05) is 0 Å². The molecule has 3 N–H and O–H groups in total. The van der Waals surface area contributed by atoms with Gasteiger partial charge in [-0.2, -0.15) is 0 Å². The van der Waals surface area contributed by atoms with Gasteiger partial charge >= 0.3 is 5.97 Å². The molecule has 3 rings (SSSR count). The summed E-state index contributed by atoms with van der Waals surface area (Å²) in [5.41, 5.74) is 9.24. The zero-order valence-electron chi connectivity index (χ0n) is 13.7. The average Bonchev–Trinajstić information content (AvgIpc) is 3.13. The largest absolute Gasteiger partial charge is 0.478 e. The molecule has 0 aliphatic carbocycles. The fraction of sp³-hybridized carbons (Fsp3) is 0.500. The van der Waals surface area contributed by atoms with Gasteiger partial charge in [-0.05, 0) is 62.5 Å². The fourth-order valence-corrected chi connectivity index (χ4v) is 3.55. The molecule has 124 valence electrons. The molecule has 0 spiro atoms. The predicted octanol–water partition coefficient (Wildman–Crippen LogP) is 2.24. The predicted molar refractivity (Wildman–Crippen MR) is 92.1 cm³/mol. The number of hydrogen-bond donors (Lipinski definition) is 2. The highest BCUT2D eigenvalue weighted by Gasteiger charge is 2.16. The minimum absolute atomic E-state index is 0.394.